The van der Waals surface area contributed by atoms with Gasteiger partial charge in [-0.1, -0.05) is 12.1 Å². The van der Waals surface area contributed by atoms with E-state index < -0.39 is 0 Å². The van der Waals surface area contributed by atoms with Crippen molar-refractivity contribution < 1.29 is 14.3 Å². The molecule has 1 atom stereocenters. The molecular formula is C16H21NO3. The zero-order chi connectivity index (χ0) is 14.5. The number of amides is 1. The maximum Gasteiger partial charge on any atom is 0.253 e. The molecule has 20 heavy (non-hydrogen) atoms. The van der Waals surface area contributed by atoms with E-state index in [9.17, 15) is 9.59 Å². The molecule has 2 rings (SSSR count). The van der Waals surface area contributed by atoms with Crippen LogP contribution in [0.4, 0.5) is 0 Å². The summed E-state index contributed by atoms with van der Waals surface area (Å²) < 4.78 is 5.44. The van der Waals surface area contributed by atoms with Crippen LogP contribution in [0.15, 0.2) is 24.3 Å². The van der Waals surface area contributed by atoms with Crippen LogP contribution in [-0.2, 0) is 4.74 Å². The van der Waals surface area contributed by atoms with E-state index in [0.29, 0.717) is 23.6 Å². The van der Waals surface area contributed by atoms with Gasteiger partial charge in [0, 0.05) is 31.3 Å². The fourth-order valence-electron chi connectivity index (χ4n) is 2.49. The van der Waals surface area contributed by atoms with Gasteiger partial charge in [-0.15, -0.1) is 0 Å². The normalized spacial score (nSPS) is 18.6. The SMILES string of the molecule is CC(=O)c1ccc(C(=O)N(C)CC2CCCOC2)cc1. The third-order valence-electron chi connectivity index (χ3n) is 3.67. The molecule has 1 unspecified atom stereocenters. The number of nitrogens with zero attached hydrogens (tertiary/aromatic N) is 1. The number of ether oxygens (including phenoxy) is 1. The van der Waals surface area contributed by atoms with Gasteiger partial charge in [0.25, 0.3) is 5.91 Å². The topological polar surface area (TPSA) is 46.6 Å². The molecule has 1 heterocycles. The van der Waals surface area contributed by atoms with Crippen molar-refractivity contribution >= 4 is 11.7 Å². The average Bonchev–Trinajstić information content (AvgIpc) is 2.47. The van der Waals surface area contributed by atoms with E-state index in [0.717, 1.165) is 26.1 Å². The number of rotatable bonds is 4. The first-order chi connectivity index (χ1) is 9.58. The summed E-state index contributed by atoms with van der Waals surface area (Å²) in [4.78, 5) is 25.3. The molecule has 1 fully saturated rings. The van der Waals surface area contributed by atoms with Gasteiger partial charge in [-0.25, -0.2) is 0 Å². The first-order valence-electron chi connectivity index (χ1n) is 7.02. The van der Waals surface area contributed by atoms with E-state index in [-0.39, 0.29) is 11.7 Å². The quantitative estimate of drug-likeness (QED) is 0.793. The average molecular weight is 275 g/mol. The van der Waals surface area contributed by atoms with E-state index in [4.69, 9.17) is 4.74 Å². The standard InChI is InChI=1S/C16H21NO3/c1-12(18)14-5-7-15(8-6-14)16(19)17(2)10-13-4-3-9-20-11-13/h5-8,13H,3-4,9-11H2,1-2H3. The van der Waals surface area contributed by atoms with Gasteiger partial charge >= 0.3 is 0 Å². The highest BCUT2D eigenvalue weighted by Crippen LogP contribution is 2.16. The molecule has 0 aromatic heterocycles. The first kappa shape index (κ1) is 14.7. The molecule has 4 heteroatoms. The number of hydrogen-bond donors (Lipinski definition) is 0. The molecule has 0 N–H and O–H groups in total. The van der Waals surface area contributed by atoms with Gasteiger partial charge in [-0.2, -0.15) is 0 Å². The Kier molecular flexibility index (Phi) is 4.90. The molecule has 1 aromatic carbocycles. The smallest absolute Gasteiger partial charge is 0.253 e. The minimum Gasteiger partial charge on any atom is -0.381 e. The monoisotopic (exact) mass is 275 g/mol. The number of carbonyl (C=O) groups excluding carboxylic acids is 2. The molecule has 1 saturated heterocycles. The minimum atomic E-state index is -0.00863. The molecule has 0 radical (unpaired) electrons. The third-order valence-corrected chi connectivity index (χ3v) is 3.67. The maximum absolute atomic E-state index is 12.3. The summed E-state index contributed by atoms with van der Waals surface area (Å²) in [5.41, 5.74) is 1.25. The predicted octanol–water partition coefficient (Wildman–Crippen LogP) is 2.39. The van der Waals surface area contributed by atoms with Crippen LogP contribution in [0.2, 0.25) is 0 Å². The molecule has 0 spiro atoms. The molecule has 0 aliphatic carbocycles. The van der Waals surface area contributed by atoms with Crippen molar-refractivity contribution in [1.82, 2.24) is 4.90 Å². The molecule has 108 valence electrons. The van der Waals surface area contributed by atoms with Crippen molar-refractivity contribution in [3.63, 3.8) is 0 Å². The van der Waals surface area contributed by atoms with Gasteiger partial charge in [-0.05, 0) is 37.8 Å². The van der Waals surface area contributed by atoms with Gasteiger partial charge in [0.1, 0.15) is 0 Å². The number of benzene rings is 1. The van der Waals surface area contributed by atoms with Gasteiger partial charge in [0.15, 0.2) is 5.78 Å². The molecular weight excluding hydrogens is 254 g/mol. The lowest BCUT2D eigenvalue weighted by atomic mass is 10.0. The van der Waals surface area contributed by atoms with Crippen molar-refractivity contribution in [1.29, 1.82) is 0 Å². The van der Waals surface area contributed by atoms with Crippen molar-refractivity contribution in [2.45, 2.75) is 19.8 Å². The summed E-state index contributed by atoms with van der Waals surface area (Å²) >= 11 is 0. The van der Waals surface area contributed by atoms with Gasteiger partial charge in [0.2, 0.25) is 0 Å². The van der Waals surface area contributed by atoms with Crippen LogP contribution in [0.3, 0.4) is 0 Å². The summed E-state index contributed by atoms with van der Waals surface area (Å²) in [7, 11) is 1.82. The second kappa shape index (κ2) is 6.66. The van der Waals surface area contributed by atoms with Crippen LogP contribution in [0.1, 0.15) is 40.5 Å². The predicted molar refractivity (Wildman–Crippen MR) is 77.0 cm³/mol. The van der Waals surface area contributed by atoms with Gasteiger partial charge in [0.05, 0.1) is 6.61 Å². The van der Waals surface area contributed by atoms with Crippen molar-refractivity contribution in [3.05, 3.63) is 35.4 Å². The van der Waals surface area contributed by atoms with E-state index >= 15 is 0 Å². The molecule has 1 aliphatic rings. The zero-order valence-electron chi connectivity index (χ0n) is 12.1. The van der Waals surface area contributed by atoms with Crippen LogP contribution in [0.5, 0.6) is 0 Å². The Morgan fingerprint density at radius 3 is 2.45 bits per heavy atom. The Morgan fingerprint density at radius 2 is 1.90 bits per heavy atom. The summed E-state index contributed by atoms with van der Waals surface area (Å²) in [6.07, 6.45) is 2.18. The third kappa shape index (κ3) is 3.67. The minimum absolute atomic E-state index is 0.00863. The summed E-state index contributed by atoms with van der Waals surface area (Å²) in [5.74, 6) is 0.427. The highest BCUT2D eigenvalue weighted by atomic mass is 16.5. The Morgan fingerprint density at radius 1 is 1.25 bits per heavy atom. The van der Waals surface area contributed by atoms with E-state index in [1.54, 1.807) is 29.2 Å². The van der Waals surface area contributed by atoms with E-state index in [1.807, 2.05) is 7.05 Å². The first-order valence-corrected chi connectivity index (χ1v) is 7.02. The number of Topliss-reactive ketones (excluding diaryl/α,β-unsaturated/α-hetero) is 1. The molecule has 1 amide bonds. The highest BCUT2D eigenvalue weighted by molar-refractivity contribution is 5.97. The fraction of sp³-hybridized carbons (Fsp3) is 0.500. The van der Waals surface area contributed by atoms with E-state index in [1.165, 1.54) is 6.92 Å². The van der Waals surface area contributed by atoms with Crippen LogP contribution in [0, 0.1) is 5.92 Å². The molecule has 4 nitrogen and oxygen atoms in total. The Bertz CT molecular complexity index is 475. The highest BCUT2D eigenvalue weighted by Gasteiger charge is 2.19. The lowest BCUT2D eigenvalue weighted by Crippen LogP contribution is -2.35. The Balaban J connectivity index is 1.96. The lowest BCUT2D eigenvalue weighted by molar-refractivity contribution is 0.0388. The van der Waals surface area contributed by atoms with Crippen LogP contribution in [0.25, 0.3) is 0 Å². The van der Waals surface area contributed by atoms with Crippen LogP contribution < -0.4 is 0 Å². The van der Waals surface area contributed by atoms with Gasteiger partial charge < -0.3 is 9.64 Å². The van der Waals surface area contributed by atoms with E-state index in [2.05, 4.69) is 0 Å². The van der Waals surface area contributed by atoms with Gasteiger partial charge in [-0.3, -0.25) is 9.59 Å². The summed E-state index contributed by atoms with van der Waals surface area (Å²) in [6.45, 7) is 3.81. The van der Waals surface area contributed by atoms with Crippen molar-refractivity contribution in [2.75, 3.05) is 26.8 Å². The molecule has 1 aromatic rings. The molecule has 0 bridgehead atoms. The summed E-state index contributed by atoms with van der Waals surface area (Å²) in [5, 5.41) is 0. The number of ketones is 1. The van der Waals surface area contributed by atoms with Crippen molar-refractivity contribution in [2.24, 2.45) is 5.92 Å². The summed E-state index contributed by atoms with van der Waals surface area (Å²) in [6, 6.07) is 6.83. The fourth-order valence-corrected chi connectivity index (χ4v) is 2.49. The maximum atomic E-state index is 12.3. The zero-order valence-corrected chi connectivity index (χ0v) is 12.1. The molecule has 1 aliphatic heterocycles. The second-order valence-electron chi connectivity index (χ2n) is 5.40. The van der Waals surface area contributed by atoms with Crippen LogP contribution >= 0.6 is 0 Å². The molecule has 0 saturated carbocycles. The lowest BCUT2D eigenvalue weighted by Gasteiger charge is -2.27. The number of carbonyl (C=O) groups is 2. The Hall–Kier alpha value is -1.68. The second-order valence-corrected chi connectivity index (χ2v) is 5.40. The van der Waals surface area contributed by atoms with Crippen LogP contribution in [-0.4, -0.2) is 43.4 Å². The number of hydrogen-bond acceptors (Lipinski definition) is 3. The Labute approximate surface area is 119 Å². The largest absolute Gasteiger partial charge is 0.381 e. The van der Waals surface area contributed by atoms with Crippen molar-refractivity contribution in [3.8, 4) is 0 Å².